The number of nitrogens with one attached hydrogen (secondary N) is 2. The lowest BCUT2D eigenvalue weighted by Gasteiger charge is -2.40. The van der Waals surface area contributed by atoms with Crippen molar-refractivity contribution >= 4 is 40.8 Å². The maximum absolute atomic E-state index is 13.7. The van der Waals surface area contributed by atoms with Crippen molar-refractivity contribution in [2.24, 2.45) is 0 Å². The van der Waals surface area contributed by atoms with Gasteiger partial charge in [-0.3, -0.25) is 19.3 Å². The fraction of sp³-hybridized carbons (Fsp3) is 0.243. The Balaban J connectivity index is 1.11. The first-order chi connectivity index (χ1) is 22.5. The quantitative estimate of drug-likeness (QED) is 0.164. The van der Waals surface area contributed by atoms with E-state index in [0.29, 0.717) is 30.8 Å². The number of esters is 1. The van der Waals surface area contributed by atoms with E-state index in [1.807, 2.05) is 47.4 Å². The van der Waals surface area contributed by atoms with E-state index in [4.69, 9.17) is 17.0 Å². The van der Waals surface area contributed by atoms with Crippen LogP contribution in [0, 0.1) is 0 Å². The van der Waals surface area contributed by atoms with Crippen LogP contribution in [0.3, 0.4) is 0 Å². The Morgan fingerprint density at radius 2 is 1.28 bits per heavy atom. The first-order valence-corrected chi connectivity index (χ1v) is 15.9. The van der Waals surface area contributed by atoms with E-state index in [-0.39, 0.29) is 36.5 Å². The maximum Gasteiger partial charge on any atom is 0.306 e. The van der Waals surface area contributed by atoms with Gasteiger partial charge in [-0.2, -0.15) is 0 Å². The van der Waals surface area contributed by atoms with Crippen molar-refractivity contribution in [2.75, 3.05) is 38.1 Å². The number of rotatable bonds is 11. The highest BCUT2D eigenvalue weighted by atomic mass is 32.1. The molecule has 4 aromatic carbocycles. The van der Waals surface area contributed by atoms with Crippen molar-refractivity contribution < 1.29 is 19.1 Å². The number of carbonyl (C=O) groups excluding carboxylic acids is 3. The topological polar surface area (TPSA) is 91.0 Å². The largest absolute Gasteiger partial charge is 0.465 e. The van der Waals surface area contributed by atoms with Gasteiger partial charge in [0.2, 0.25) is 5.91 Å². The van der Waals surface area contributed by atoms with Crippen LogP contribution in [0.5, 0.6) is 0 Å². The average molecular weight is 635 g/mol. The molecule has 5 rings (SSSR count). The van der Waals surface area contributed by atoms with Gasteiger partial charge in [-0.1, -0.05) is 103 Å². The SMILES string of the molecule is O=C(CCC(=O)OCCc1ccccc1)NC(=S)Nc1ccccc1C(=O)N1CCN(C(c2ccccc2)c2ccccc2)CC1. The van der Waals surface area contributed by atoms with Crippen LogP contribution < -0.4 is 10.6 Å². The summed E-state index contributed by atoms with van der Waals surface area (Å²) in [6.07, 6.45) is 0.492. The molecule has 1 aliphatic rings. The molecule has 4 aromatic rings. The molecule has 0 spiro atoms. The lowest BCUT2D eigenvalue weighted by atomic mass is 9.96. The van der Waals surface area contributed by atoms with Crippen molar-refractivity contribution in [3.63, 3.8) is 0 Å². The standard InChI is InChI=1S/C37H38N4O4S/c42-33(20-21-34(43)45-27-22-28-12-4-1-5-13-28)39-37(46)38-32-19-11-10-18-31(32)36(44)41-25-23-40(24-26-41)35(29-14-6-2-7-15-29)30-16-8-3-9-17-30/h1-19,35H,20-27H2,(H2,38,39,42,46). The maximum atomic E-state index is 13.7. The molecule has 0 aliphatic carbocycles. The lowest BCUT2D eigenvalue weighted by Crippen LogP contribution is -2.50. The molecule has 8 nitrogen and oxygen atoms in total. The summed E-state index contributed by atoms with van der Waals surface area (Å²) >= 11 is 5.37. The lowest BCUT2D eigenvalue weighted by molar-refractivity contribution is -0.144. The Hall–Kier alpha value is -4.86. The average Bonchev–Trinajstić information content (AvgIpc) is 3.09. The molecule has 0 atom stereocenters. The van der Waals surface area contributed by atoms with Gasteiger partial charge in [-0.25, -0.2) is 0 Å². The summed E-state index contributed by atoms with van der Waals surface area (Å²) in [6, 6.07) is 37.8. The molecule has 46 heavy (non-hydrogen) atoms. The fourth-order valence-electron chi connectivity index (χ4n) is 5.57. The molecular weight excluding hydrogens is 596 g/mol. The van der Waals surface area contributed by atoms with E-state index in [1.165, 1.54) is 11.1 Å². The van der Waals surface area contributed by atoms with Gasteiger partial charge < -0.3 is 20.3 Å². The van der Waals surface area contributed by atoms with E-state index in [9.17, 15) is 14.4 Å². The Labute approximate surface area is 275 Å². The number of piperazine rings is 1. The number of carbonyl (C=O) groups is 3. The second-order valence-corrected chi connectivity index (χ2v) is 11.5. The number of para-hydroxylation sites is 1. The second-order valence-electron chi connectivity index (χ2n) is 11.1. The monoisotopic (exact) mass is 634 g/mol. The smallest absolute Gasteiger partial charge is 0.306 e. The highest BCUT2D eigenvalue weighted by Gasteiger charge is 2.29. The molecule has 0 aromatic heterocycles. The van der Waals surface area contributed by atoms with E-state index < -0.39 is 11.9 Å². The Kier molecular flexibility index (Phi) is 11.6. The van der Waals surface area contributed by atoms with Crippen molar-refractivity contribution in [1.82, 2.24) is 15.1 Å². The van der Waals surface area contributed by atoms with E-state index >= 15 is 0 Å². The molecule has 1 aliphatic heterocycles. The van der Waals surface area contributed by atoms with E-state index in [2.05, 4.69) is 64.1 Å². The van der Waals surface area contributed by atoms with Gasteiger partial charge >= 0.3 is 5.97 Å². The molecule has 2 amide bonds. The van der Waals surface area contributed by atoms with Gasteiger partial charge in [0.25, 0.3) is 5.91 Å². The van der Waals surface area contributed by atoms with Gasteiger partial charge in [0, 0.05) is 39.0 Å². The highest BCUT2D eigenvalue weighted by Crippen LogP contribution is 2.30. The molecule has 0 saturated carbocycles. The number of amides is 2. The van der Waals surface area contributed by atoms with Crippen LogP contribution in [0.4, 0.5) is 5.69 Å². The summed E-state index contributed by atoms with van der Waals surface area (Å²) < 4.78 is 5.25. The first kappa shape index (κ1) is 32.5. The summed E-state index contributed by atoms with van der Waals surface area (Å²) in [5.74, 6) is -0.963. The Morgan fingerprint density at radius 1 is 0.717 bits per heavy atom. The molecule has 1 saturated heterocycles. The molecular formula is C37H38N4O4S. The summed E-state index contributed by atoms with van der Waals surface area (Å²) in [4.78, 5) is 42.5. The van der Waals surface area contributed by atoms with Crippen molar-refractivity contribution in [1.29, 1.82) is 0 Å². The van der Waals surface area contributed by atoms with Crippen LogP contribution in [-0.4, -0.2) is 65.5 Å². The summed E-state index contributed by atoms with van der Waals surface area (Å²) in [5, 5.41) is 5.66. The zero-order chi connectivity index (χ0) is 32.1. The Morgan fingerprint density at radius 3 is 1.91 bits per heavy atom. The van der Waals surface area contributed by atoms with Crippen LogP contribution in [0.25, 0.3) is 0 Å². The van der Waals surface area contributed by atoms with E-state index in [0.717, 1.165) is 18.7 Å². The van der Waals surface area contributed by atoms with Gasteiger partial charge in [0.1, 0.15) is 0 Å². The minimum atomic E-state index is -0.445. The fourth-order valence-corrected chi connectivity index (χ4v) is 5.80. The Bertz CT molecular complexity index is 1570. The number of hydrogen-bond acceptors (Lipinski definition) is 6. The molecule has 9 heteroatoms. The number of nitrogens with zero attached hydrogens (tertiary/aromatic N) is 2. The zero-order valence-corrected chi connectivity index (χ0v) is 26.5. The molecule has 1 fully saturated rings. The number of hydrogen-bond donors (Lipinski definition) is 2. The minimum Gasteiger partial charge on any atom is -0.465 e. The second kappa shape index (κ2) is 16.5. The molecule has 236 valence electrons. The van der Waals surface area contributed by atoms with Gasteiger partial charge in [0.15, 0.2) is 5.11 Å². The third kappa shape index (κ3) is 9.09. The molecule has 2 N–H and O–H groups in total. The molecule has 0 bridgehead atoms. The number of anilines is 1. The summed E-state index contributed by atoms with van der Waals surface area (Å²) in [7, 11) is 0. The predicted molar refractivity (Wildman–Crippen MR) is 183 cm³/mol. The minimum absolute atomic E-state index is 0.0559. The van der Waals surface area contributed by atoms with Gasteiger partial charge in [0.05, 0.1) is 30.3 Å². The van der Waals surface area contributed by atoms with Crippen LogP contribution >= 0.6 is 12.2 Å². The van der Waals surface area contributed by atoms with Crippen LogP contribution in [0.1, 0.15) is 45.9 Å². The first-order valence-electron chi connectivity index (χ1n) is 15.5. The molecule has 1 heterocycles. The van der Waals surface area contributed by atoms with Crippen LogP contribution in [0.15, 0.2) is 115 Å². The number of ether oxygens (including phenoxy) is 1. The van der Waals surface area contributed by atoms with Crippen molar-refractivity contribution in [3.05, 3.63) is 138 Å². The number of benzene rings is 4. The summed E-state index contributed by atoms with van der Waals surface area (Å²) in [6.45, 7) is 2.85. The third-order valence-electron chi connectivity index (χ3n) is 7.91. The molecule has 0 unspecified atom stereocenters. The van der Waals surface area contributed by atoms with Gasteiger partial charge in [-0.15, -0.1) is 0 Å². The third-order valence-corrected chi connectivity index (χ3v) is 8.11. The van der Waals surface area contributed by atoms with Crippen LogP contribution in [-0.2, 0) is 20.7 Å². The zero-order valence-electron chi connectivity index (χ0n) is 25.6. The molecule has 0 radical (unpaired) electrons. The van der Waals surface area contributed by atoms with Crippen molar-refractivity contribution in [3.8, 4) is 0 Å². The normalized spacial score (nSPS) is 13.2. The number of thiocarbonyl (C=S) groups is 1. The summed E-state index contributed by atoms with van der Waals surface area (Å²) in [5.41, 5.74) is 4.49. The van der Waals surface area contributed by atoms with Crippen molar-refractivity contribution in [2.45, 2.75) is 25.3 Å². The van der Waals surface area contributed by atoms with Crippen LogP contribution in [0.2, 0.25) is 0 Å². The van der Waals surface area contributed by atoms with E-state index in [1.54, 1.807) is 24.3 Å². The van der Waals surface area contributed by atoms with Gasteiger partial charge in [-0.05, 0) is 41.0 Å². The predicted octanol–water partition coefficient (Wildman–Crippen LogP) is 5.61. The highest BCUT2D eigenvalue weighted by molar-refractivity contribution is 7.80.